The van der Waals surface area contributed by atoms with E-state index >= 15 is 0 Å². The zero-order chi connectivity index (χ0) is 29.4. The Balaban J connectivity index is 1.40. The van der Waals surface area contributed by atoms with Crippen LogP contribution in [0.4, 0.5) is 4.79 Å². The van der Waals surface area contributed by atoms with Gasteiger partial charge in [0.25, 0.3) is 5.91 Å². The Morgan fingerprint density at radius 3 is 2.71 bits per heavy atom. The van der Waals surface area contributed by atoms with Crippen molar-refractivity contribution in [2.24, 2.45) is 0 Å². The van der Waals surface area contributed by atoms with E-state index in [-0.39, 0.29) is 24.5 Å². The van der Waals surface area contributed by atoms with Gasteiger partial charge in [-0.1, -0.05) is 31.0 Å². The lowest BCUT2D eigenvalue weighted by atomic mass is 9.76. The van der Waals surface area contributed by atoms with Gasteiger partial charge in [-0.3, -0.25) is 9.69 Å². The van der Waals surface area contributed by atoms with Gasteiger partial charge >= 0.3 is 13.2 Å². The number of ether oxygens (including phenoxy) is 2. The first kappa shape index (κ1) is 30.6. The smallest absolute Gasteiger partial charge is 0.464 e. The van der Waals surface area contributed by atoms with Crippen molar-refractivity contribution in [3.05, 3.63) is 47.7 Å². The Bertz CT molecular complexity index is 1270. The molecule has 1 aromatic heterocycles. The molecule has 3 heterocycles. The number of rotatable bonds is 9. The summed E-state index contributed by atoms with van der Waals surface area (Å²) in [4.78, 5) is 30.2. The molecule has 0 unspecified atom stereocenters. The maximum atomic E-state index is 13.6. The minimum absolute atomic E-state index is 0.0636. The fourth-order valence-electron chi connectivity index (χ4n) is 5.52. The van der Waals surface area contributed by atoms with Gasteiger partial charge < -0.3 is 34.2 Å². The number of nitriles is 1. The van der Waals surface area contributed by atoms with E-state index in [0.29, 0.717) is 44.9 Å². The first-order chi connectivity index (χ1) is 19.7. The summed E-state index contributed by atoms with van der Waals surface area (Å²) in [6.45, 7) is 6.98. The summed E-state index contributed by atoms with van der Waals surface area (Å²) in [5, 5.41) is 33.1. The molecule has 0 aliphatic carbocycles. The number of hydrogen-bond acceptors (Lipinski definition) is 9. The second-order valence-electron chi connectivity index (χ2n) is 11.1. The number of carbonyl (C=O) groups excluding carboxylic acids is 2. The third-order valence-electron chi connectivity index (χ3n) is 7.88. The highest BCUT2D eigenvalue weighted by atomic mass is 16.5. The zero-order valence-corrected chi connectivity index (χ0v) is 23.8. The van der Waals surface area contributed by atoms with Crippen molar-refractivity contribution in [2.45, 2.75) is 63.5 Å². The summed E-state index contributed by atoms with van der Waals surface area (Å²) in [5.74, 6) is -1.41. The fourth-order valence-corrected chi connectivity index (χ4v) is 5.52. The average molecular weight is 566 g/mol. The van der Waals surface area contributed by atoms with E-state index in [1.165, 1.54) is 6.26 Å². The maximum Gasteiger partial charge on any atom is 0.475 e. The second-order valence-corrected chi connectivity index (χ2v) is 11.1. The van der Waals surface area contributed by atoms with Crippen molar-refractivity contribution in [3.8, 4) is 6.07 Å². The highest BCUT2D eigenvalue weighted by molar-refractivity contribution is 6.43. The Morgan fingerprint density at radius 2 is 1.98 bits per heavy atom. The normalized spacial score (nSPS) is 19.7. The third-order valence-corrected chi connectivity index (χ3v) is 7.88. The van der Waals surface area contributed by atoms with Crippen LogP contribution in [-0.4, -0.2) is 95.9 Å². The minimum Gasteiger partial charge on any atom is -0.464 e. The fraction of sp³-hybridized carbons (Fsp3) is 0.552. The molecular weight excluding hydrogens is 527 g/mol. The van der Waals surface area contributed by atoms with Gasteiger partial charge in [-0.15, -0.1) is 0 Å². The summed E-state index contributed by atoms with van der Waals surface area (Å²) in [6, 6.07) is 9.05. The van der Waals surface area contributed by atoms with E-state index < -0.39 is 30.7 Å². The molecule has 0 saturated carbocycles. The molecule has 220 valence electrons. The van der Waals surface area contributed by atoms with Gasteiger partial charge in [-0.25, -0.2) is 4.79 Å². The van der Waals surface area contributed by atoms with Crippen molar-refractivity contribution < 1.29 is 33.5 Å². The number of carbonyl (C=O) groups is 2. The maximum absolute atomic E-state index is 13.6. The van der Waals surface area contributed by atoms with Crippen LogP contribution < -0.4 is 5.32 Å². The molecule has 0 radical (unpaired) electrons. The van der Waals surface area contributed by atoms with Gasteiger partial charge in [0.15, 0.2) is 0 Å². The van der Waals surface area contributed by atoms with Gasteiger partial charge in [-0.2, -0.15) is 5.26 Å². The van der Waals surface area contributed by atoms with Crippen molar-refractivity contribution in [2.75, 3.05) is 39.5 Å². The number of para-hydroxylation sites is 1. The van der Waals surface area contributed by atoms with E-state index in [4.69, 9.17) is 13.9 Å². The number of benzene rings is 1. The van der Waals surface area contributed by atoms with Gasteiger partial charge in [0.05, 0.1) is 31.5 Å². The molecule has 11 nitrogen and oxygen atoms in total. The molecule has 2 amide bonds. The lowest BCUT2D eigenvalue weighted by Gasteiger charge is -2.39. The second kappa shape index (κ2) is 14.0. The van der Waals surface area contributed by atoms with E-state index in [1.807, 2.05) is 32.0 Å². The molecule has 0 spiro atoms. The molecule has 4 rings (SSSR count). The molecule has 2 aliphatic heterocycles. The Kier molecular flexibility index (Phi) is 10.4. The first-order valence-electron chi connectivity index (χ1n) is 14.2. The van der Waals surface area contributed by atoms with Crippen molar-refractivity contribution in [1.29, 1.82) is 5.26 Å². The number of hydrogen-bond donors (Lipinski definition) is 3. The SMILES string of the molecule is CC(C)(/C=C(\C#N)C(=O)N1CCCCC[C@@H]1COC(=O)N[C@@H](Cc1coc2ccccc12)B(O)O)N1CCOCC1. The molecule has 2 aromatic rings. The predicted octanol–water partition coefficient (Wildman–Crippen LogP) is 2.41. The van der Waals surface area contributed by atoms with Gasteiger partial charge in [0, 0.05) is 30.6 Å². The van der Waals surface area contributed by atoms with Crippen LogP contribution in [0.2, 0.25) is 0 Å². The number of alkyl carbamates (subject to hydrolysis) is 1. The summed E-state index contributed by atoms with van der Waals surface area (Å²) in [5.41, 5.74) is 0.931. The summed E-state index contributed by atoms with van der Waals surface area (Å²) in [7, 11) is -1.83. The first-order valence-corrected chi connectivity index (χ1v) is 14.2. The molecule has 2 aliphatic rings. The molecule has 12 heteroatoms. The third kappa shape index (κ3) is 7.89. The summed E-state index contributed by atoms with van der Waals surface area (Å²) < 4.78 is 16.5. The van der Waals surface area contributed by atoms with Crippen LogP contribution in [0.25, 0.3) is 11.0 Å². The van der Waals surface area contributed by atoms with E-state index in [0.717, 1.165) is 30.2 Å². The van der Waals surface area contributed by atoms with Crippen LogP contribution in [0.15, 0.2) is 46.6 Å². The molecule has 2 saturated heterocycles. The number of likely N-dealkylation sites (tertiary alicyclic amines) is 1. The van der Waals surface area contributed by atoms with Crippen LogP contribution in [0, 0.1) is 11.3 Å². The van der Waals surface area contributed by atoms with Crippen LogP contribution in [-0.2, 0) is 20.7 Å². The van der Waals surface area contributed by atoms with Crippen molar-refractivity contribution in [1.82, 2.24) is 15.1 Å². The number of furan rings is 1. The Labute approximate surface area is 240 Å². The Morgan fingerprint density at radius 1 is 1.22 bits per heavy atom. The number of fused-ring (bicyclic) bond motifs is 1. The quantitative estimate of drug-likeness (QED) is 0.236. The molecule has 0 bridgehead atoms. The molecule has 3 N–H and O–H groups in total. The molecule has 1 aromatic carbocycles. The van der Waals surface area contributed by atoms with Gasteiger partial charge in [0.1, 0.15) is 23.8 Å². The zero-order valence-electron chi connectivity index (χ0n) is 23.8. The van der Waals surface area contributed by atoms with Crippen LogP contribution in [0.5, 0.6) is 0 Å². The molecule has 2 fully saturated rings. The van der Waals surface area contributed by atoms with Crippen LogP contribution in [0.3, 0.4) is 0 Å². The van der Waals surface area contributed by atoms with Gasteiger partial charge in [0.2, 0.25) is 0 Å². The molecular formula is C29H39BN4O7. The van der Waals surface area contributed by atoms with E-state index in [2.05, 4.69) is 16.3 Å². The number of nitrogens with one attached hydrogen (secondary N) is 1. The standard InChI is InChI=1S/C29H39BN4O7/c1-29(2,33-12-14-39-15-13-33)17-22(18-31)27(35)34-11-7-3-4-8-23(34)20-41-28(36)32-26(30(37)38)16-21-19-40-25-10-6-5-9-24(21)25/h5-6,9-10,17,19,23,26,37-38H,3-4,7-8,11-16,20H2,1-2H3,(H,32,36)/b22-17+/t23-,26+/m1/s1. The van der Waals surface area contributed by atoms with Crippen LogP contribution >= 0.6 is 0 Å². The number of nitrogens with zero attached hydrogens (tertiary/aromatic N) is 3. The Hall–Kier alpha value is -3.37. The summed E-state index contributed by atoms with van der Waals surface area (Å²) in [6.07, 6.45) is 5.75. The van der Waals surface area contributed by atoms with E-state index in [9.17, 15) is 24.9 Å². The van der Waals surface area contributed by atoms with Crippen LogP contribution in [0.1, 0.15) is 45.1 Å². The molecule has 2 atom stereocenters. The predicted molar refractivity (Wildman–Crippen MR) is 153 cm³/mol. The minimum atomic E-state index is -1.83. The largest absolute Gasteiger partial charge is 0.475 e. The monoisotopic (exact) mass is 566 g/mol. The average Bonchev–Trinajstić information content (AvgIpc) is 3.22. The summed E-state index contributed by atoms with van der Waals surface area (Å²) >= 11 is 0. The lowest BCUT2D eigenvalue weighted by Crippen LogP contribution is -2.50. The van der Waals surface area contributed by atoms with Crippen molar-refractivity contribution in [3.63, 3.8) is 0 Å². The topological polar surface area (TPSA) is 148 Å². The van der Waals surface area contributed by atoms with E-state index in [1.54, 1.807) is 17.0 Å². The highest BCUT2D eigenvalue weighted by Crippen LogP contribution is 2.24. The van der Waals surface area contributed by atoms with Gasteiger partial charge in [-0.05, 0) is 50.8 Å². The van der Waals surface area contributed by atoms with Crippen molar-refractivity contribution >= 4 is 30.1 Å². The highest BCUT2D eigenvalue weighted by Gasteiger charge is 2.33. The number of morpholine rings is 1. The number of amides is 2. The molecule has 41 heavy (non-hydrogen) atoms. The lowest BCUT2D eigenvalue weighted by molar-refractivity contribution is -0.129.